The summed E-state index contributed by atoms with van der Waals surface area (Å²) in [6, 6.07) is 8.25. The molecule has 1 aromatic rings. The summed E-state index contributed by atoms with van der Waals surface area (Å²) in [5.41, 5.74) is 2.22. The van der Waals surface area contributed by atoms with E-state index in [9.17, 15) is 13.2 Å². The molecule has 1 N–H and O–H groups in total. The number of nitrogens with one attached hydrogen (secondary N) is 1. The Hall–Kier alpha value is -1.44. The lowest BCUT2D eigenvalue weighted by Crippen LogP contribution is -2.43. The molecule has 1 atom stereocenters. The fraction of sp³-hybridized carbons (Fsp3) is 0.650. The standard InChI is InChI=1S/C20H31N3O3S/c1-17-5-3-14-27(25,26)23(17)16-19-9-7-18(8-10-19)15-21-11-4-13-22-12-2-6-20(22)24/h7-10,17,21H,2-6,11-16H2,1H3. The molecule has 150 valence electrons. The average molecular weight is 394 g/mol. The summed E-state index contributed by atoms with van der Waals surface area (Å²) in [6.45, 7) is 5.87. The Kier molecular flexibility index (Phi) is 6.89. The smallest absolute Gasteiger partial charge is 0.222 e. The van der Waals surface area contributed by atoms with Gasteiger partial charge < -0.3 is 10.2 Å². The van der Waals surface area contributed by atoms with Crippen molar-refractivity contribution in [2.75, 3.05) is 25.4 Å². The van der Waals surface area contributed by atoms with Crippen LogP contribution in [0.15, 0.2) is 24.3 Å². The molecule has 2 aliphatic rings. The number of carbonyl (C=O) groups excluding carboxylic acids is 1. The predicted octanol–water partition coefficient (Wildman–Crippen LogP) is 2.10. The summed E-state index contributed by atoms with van der Waals surface area (Å²) in [6.07, 6.45) is 4.36. The highest BCUT2D eigenvalue weighted by Gasteiger charge is 2.31. The zero-order valence-electron chi connectivity index (χ0n) is 16.2. The van der Waals surface area contributed by atoms with Gasteiger partial charge in [-0.3, -0.25) is 4.79 Å². The maximum atomic E-state index is 12.3. The van der Waals surface area contributed by atoms with Gasteiger partial charge in [0.1, 0.15) is 0 Å². The zero-order valence-corrected chi connectivity index (χ0v) is 17.0. The molecule has 27 heavy (non-hydrogen) atoms. The molecule has 0 spiro atoms. The highest BCUT2D eigenvalue weighted by molar-refractivity contribution is 7.89. The predicted molar refractivity (Wildman–Crippen MR) is 107 cm³/mol. The molecule has 1 aromatic carbocycles. The number of nitrogens with zero attached hydrogens (tertiary/aromatic N) is 2. The van der Waals surface area contributed by atoms with Crippen LogP contribution in [0.25, 0.3) is 0 Å². The van der Waals surface area contributed by atoms with Crippen molar-refractivity contribution >= 4 is 15.9 Å². The molecule has 0 radical (unpaired) electrons. The number of amides is 1. The summed E-state index contributed by atoms with van der Waals surface area (Å²) >= 11 is 0. The first-order valence-electron chi connectivity index (χ1n) is 10.0. The maximum absolute atomic E-state index is 12.3. The quantitative estimate of drug-likeness (QED) is 0.687. The first-order chi connectivity index (χ1) is 13.0. The Morgan fingerprint density at radius 3 is 2.56 bits per heavy atom. The van der Waals surface area contributed by atoms with Crippen molar-refractivity contribution in [3.63, 3.8) is 0 Å². The van der Waals surface area contributed by atoms with Gasteiger partial charge in [-0.05, 0) is 50.3 Å². The van der Waals surface area contributed by atoms with E-state index in [2.05, 4.69) is 17.4 Å². The van der Waals surface area contributed by atoms with Crippen LogP contribution in [0, 0.1) is 0 Å². The third-order valence-corrected chi connectivity index (χ3v) is 7.52. The minimum atomic E-state index is -3.12. The topological polar surface area (TPSA) is 69.7 Å². The van der Waals surface area contributed by atoms with Gasteiger partial charge in [0.25, 0.3) is 0 Å². The summed E-state index contributed by atoms with van der Waals surface area (Å²) in [5, 5.41) is 3.42. The van der Waals surface area contributed by atoms with Crippen LogP contribution in [0.1, 0.15) is 50.2 Å². The lowest BCUT2D eigenvalue weighted by Gasteiger charge is -2.32. The number of rotatable bonds is 8. The molecular formula is C20H31N3O3S. The van der Waals surface area contributed by atoms with Gasteiger partial charge >= 0.3 is 0 Å². The molecule has 2 aliphatic heterocycles. The van der Waals surface area contributed by atoms with E-state index < -0.39 is 10.0 Å². The maximum Gasteiger partial charge on any atom is 0.222 e. The Morgan fingerprint density at radius 1 is 1.15 bits per heavy atom. The molecule has 0 bridgehead atoms. The number of sulfonamides is 1. The number of benzene rings is 1. The van der Waals surface area contributed by atoms with Gasteiger partial charge in [0.2, 0.25) is 15.9 Å². The molecule has 0 aliphatic carbocycles. The summed E-state index contributed by atoms with van der Waals surface area (Å²) in [5.74, 6) is 0.554. The van der Waals surface area contributed by atoms with Crippen molar-refractivity contribution in [3.8, 4) is 0 Å². The second kappa shape index (κ2) is 9.17. The van der Waals surface area contributed by atoms with Gasteiger partial charge in [-0.2, -0.15) is 4.31 Å². The van der Waals surface area contributed by atoms with Crippen molar-refractivity contribution in [1.29, 1.82) is 0 Å². The normalized spacial score (nSPS) is 23.1. The zero-order chi connectivity index (χ0) is 19.3. The second-order valence-corrected chi connectivity index (χ2v) is 9.72. The van der Waals surface area contributed by atoms with Crippen LogP contribution in [0.3, 0.4) is 0 Å². The van der Waals surface area contributed by atoms with Crippen LogP contribution in [-0.4, -0.2) is 55.0 Å². The van der Waals surface area contributed by atoms with E-state index in [0.717, 1.165) is 57.4 Å². The molecule has 3 rings (SSSR count). The molecule has 0 aromatic heterocycles. The van der Waals surface area contributed by atoms with Gasteiger partial charge in [0.15, 0.2) is 0 Å². The summed E-state index contributed by atoms with van der Waals surface area (Å²) in [7, 11) is -3.12. The van der Waals surface area contributed by atoms with E-state index in [1.165, 1.54) is 5.56 Å². The van der Waals surface area contributed by atoms with Crippen LogP contribution < -0.4 is 5.32 Å². The molecule has 2 saturated heterocycles. The fourth-order valence-corrected chi connectivity index (χ4v) is 5.63. The first-order valence-corrected chi connectivity index (χ1v) is 11.6. The van der Waals surface area contributed by atoms with Gasteiger partial charge in [-0.25, -0.2) is 8.42 Å². The fourth-order valence-electron chi connectivity index (χ4n) is 3.86. The minimum Gasteiger partial charge on any atom is -0.343 e. The Labute approximate surface area is 163 Å². The van der Waals surface area contributed by atoms with E-state index in [0.29, 0.717) is 13.0 Å². The molecule has 2 heterocycles. The monoisotopic (exact) mass is 393 g/mol. The van der Waals surface area contributed by atoms with Crippen LogP contribution in [0.4, 0.5) is 0 Å². The summed E-state index contributed by atoms with van der Waals surface area (Å²) in [4.78, 5) is 13.5. The van der Waals surface area contributed by atoms with E-state index >= 15 is 0 Å². The van der Waals surface area contributed by atoms with Gasteiger partial charge in [-0.1, -0.05) is 24.3 Å². The van der Waals surface area contributed by atoms with E-state index in [1.54, 1.807) is 4.31 Å². The van der Waals surface area contributed by atoms with Crippen LogP contribution in [0.5, 0.6) is 0 Å². The highest BCUT2D eigenvalue weighted by Crippen LogP contribution is 2.23. The van der Waals surface area contributed by atoms with E-state index in [1.807, 2.05) is 24.0 Å². The number of likely N-dealkylation sites (tertiary alicyclic amines) is 1. The molecule has 6 nitrogen and oxygen atoms in total. The molecule has 7 heteroatoms. The third-order valence-electron chi connectivity index (χ3n) is 5.52. The Balaban J connectivity index is 1.41. The van der Waals surface area contributed by atoms with Crippen molar-refractivity contribution in [3.05, 3.63) is 35.4 Å². The van der Waals surface area contributed by atoms with E-state index in [-0.39, 0.29) is 17.7 Å². The van der Waals surface area contributed by atoms with Gasteiger partial charge in [0, 0.05) is 38.6 Å². The minimum absolute atomic E-state index is 0.0765. The average Bonchev–Trinajstić information content (AvgIpc) is 3.04. The lowest BCUT2D eigenvalue weighted by molar-refractivity contribution is -0.127. The first kappa shape index (κ1) is 20.3. The Bertz CT molecular complexity index is 733. The molecular weight excluding hydrogens is 362 g/mol. The van der Waals surface area contributed by atoms with Crippen molar-refractivity contribution in [2.45, 2.75) is 58.2 Å². The number of hydrogen-bond donors (Lipinski definition) is 1. The molecule has 1 amide bonds. The van der Waals surface area contributed by atoms with Crippen LogP contribution >= 0.6 is 0 Å². The van der Waals surface area contributed by atoms with E-state index in [4.69, 9.17) is 0 Å². The largest absolute Gasteiger partial charge is 0.343 e. The van der Waals surface area contributed by atoms with Crippen molar-refractivity contribution in [1.82, 2.24) is 14.5 Å². The lowest BCUT2D eigenvalue weighted by atomic mass is 10.1. The number of carbonyl (C=O) groups is 1. The third kappa shape index (κ3) is 5.53. The summed E-state index contributed by atoms with van der Waals surface area (Å²) < 4.78 is 26.2. The second-order valence-electron chi connectivity index (χ2n) is 7.68. The molecule has 0 saturated carbocycles. The van der Waals surface area contributed by atoms with Crippen LogP contribution in [-0.2, 0) is 27.9 Å². The SMILES string of the molecule is CC1CCCS(=O)(=O)N1Cc1ccc(CNCCCN2CCCC2=O)cc1. The number of hydrogen-bond acceptors (Lipinski definition) is 4. The highest BCUT2D eigenvalue weighted by atomic mass is 32.2. The van der Waals surface area contributed by atoms with Gasteiger partial charge in [0.05, 0.1) is 5.75 Å². The van der Waals surface area contributed by atoms with Crippen molar-refractivity contribution < 1.29 is 13.2 Å². The van der Waals surface area contributed by atoms with Gasteiger partial charge in [-0.15, -0.1) is 0 Å². The Morgan fingerprint density at radius 2 is 1.89 bits per heavy atom. The van der Waals surface area contributed by atoms with Crippen LogP contribution in [0.2, 0.25) is 0 Å². The molecule has 1 unspecified atom stereocenters. The van der Waals surface area contributed by atoms with Crippen molar-refractivity contribution in [2.24, 2.45) is 0 Å². The molecule has 2 fully saturated rings.